The molecule has 1 aromatic heterocycles. The minimum absolute atomic E-state index is 0.378. The number of nitrogens with zero attached hydrogens (tertiary/aromatic N) is 2. The highest BCUT2D eigenvalue weighted by Crippen LogP contribution is 2.23. The van der Waals surface area contributed by atoms with Crippen LogP contribution in [-0.4, -0.2) is 9.97 Å². The van der Waals surface area contributed by atoms with Crippen LogP contribution in [0.1, 0.15) is 11.5 Å². The second-order valence-corrected chi connectivity index (χ2v) is 5.05. The van der Waals surface area contributed by atoms with Crippen molar-refractivity contribution >= 4 is 23.4 Å². The molecule has 2 rings (SSSR count). The molecule has 2 aromatic rings. The van der Waals surface area contributed by atoms with Gasteiger partial charge in [0.1, 0.15) is 11.0 Å². The van der Waals surface area contributed by atoms with Gasteiger partial charge in [-0.1, -0.05) is 11.6 Å². The molecule has 0 spiro atoms. The van der Waals surface area contributed by atoms with E-state index in [1.165, 1.54) is 17.8 Å². The maximum Gasteiger partial charge on any atom is 0.159 e. The van der Waals surface area contributed by atoms with Crippen LogP contribution < -0.4 is 0 Å². The predicted octanol–water partition coefficient (Wildman–Crippen LogP) is 4.01. The van der Waals surface area contributed by atoms with Gasteiger partial charge in [-0.3, -0.25) is 0 Å². The van der Waals surface area contributed by atoms with E-state index in [4.69, 9.17) is 11.6 Å². The lowest BCUT2D eigenvalue weighted by molar-refractivity contribution is 0.506. The van der Waals surface area contributed by atoms with Gasteiger partial charge in [0.15, 0.2) is 11.6 Å². The highest BCUT2D eigenvalue weighted by Gasteiger charge is 2.05. The molecule has 0 aliphatic heterocycles. The number of rotatable bonds is 3. The van der Waals surface area contributed by atoms with Gasteiger partial charge in [-0.2, -0.15) is 0 Å². The van der Waals surface area contributed by atoms with Gasteiger partial charge >= 0.3 is 0 Å². The highest BCUT2D eigenvalue weighted by molar-refractivity contribution is 7.98. The second kappa shape index (κ2) is 5.63. The molecule has 1 aromatic carbocycles. The molecule has 0 fully saturated rings. The van der Waals surface area contributed by atoms with E-state index in [9.17, 15) is 8.78 Å². The van der Waals surface area contributed by atoms with Crippen molar-refractivity contribution in [2.45, 2.75) is 17.6 Å². The van der Waals surface area contributed by atoms with Gasteiger partial charge in [0.25, 0.3) is 0 Å². The van der Waals surface area contributed by atoms with Crippen molar-refractivity contribution in [3.05, 3.63) is 52.6 Å². The van der Waals surface area contributed by atoms with Gasteiger partial charge in [0, 0.05) is 10.6 Å². The lowest BCUT2D eigenvalue weighted by Gasteiger charge is -2.03. The molecule has 0 atom stereocenters. The van der Waals surface area contributed by atoms with E-state index in [0.29, 0.717) is 21.6 Å². The zero-order valence-electron chi connectivity index (χ0n) is 9.45. The summed E-state index contributed by atoms with van der Waals surface area (Å²) in [5.41, 5.74) is 0.774. The first-order valence-corrected chi connectivity index (χ1v) is 6.49. The zero-order valence-corrected chi connectivity index (χ0v) is 11.0. The fraction of sp³-hybridized carbons (Fsp3) is 0.167. The van der Waals surface area contributed by atoms with Crippen LogP contribution >= 0.6 is 23.4 Å². The molecule has 0 unspecified atom stereocenters. The molecule has 0 saturated heterocycles. The molecule has 0 saturated carbocycles. The van der Waals surface area contributed by atoms with Crippen molar-refractivity contribution in [2.24, 2.45) is 0 Å². The molecule has 0 aliphatic carbocycles. The Hall–Kier alpha value is -1.20. The summed E-state index contributed by atoms with van der Waals surface area (Å²) in [5.74, 6) is -0.695. The van der Waals surface area contributed by atoms with Gasteiger partial charge in [-0.05, 0) is 31.2 Å². The van der Waals surface area contributed by atoms with Gasteiger partial charge in [0.05, 0.1) is 5.75 Å². The molecule has 1 heterocycles. The Morgan fingerprint density at radius 3 is 2.61 bits per heavy atom. The minimum Gasteiger partial charge on any atom is -0.237 e. The number of benzene rings is 1. The largest absolute Gasteiger partial charge is 0.237 e. The maximum absolute atomic E-state index is 13.0. The Balaban J connectivity index is 2.08. The van der Waals surface area contributed by atoms with Crippen molar-refractivity contribution in [3.8, 4) is 0 Å². The monoisotopic (exact) mass is 286 g/mol. The number of aryl methyl sites for hydroxylation is 1. The smallest absolute Gasteiger partial charge is 0.159 e. The van der Waals surface area contributed by atoms with Gasteiger partial charge in [-0.15, -0.1) is 11.8 Å². The third kappa shape index (κ3) is 3.40. The van der Waals surface area contributed by atoms with Crippen LogP contribution in [0.4, 0.5) is 8.78 Å². The fourth-order valence-electron chi connectivity index (χ4n) is 1.37. The van der Waals surface area contributed by atoms with E-state index in [2.05, 4.69) is 9.97 Å². The number of aromatic nitrogens is 2. The predicted molar refractivity (Wildman–Crippen MR) is 67.7 cm³/mol. The summed E-state index contributed by atoms with van der Waals surface area (Å²) in [6, 6.07) is 5.42. The Kier molecular flexibility index (Phi) is 4.14. The fourth-order valence-corrected chi connectivity index (χ4v) is 2.40. The molecule has 18 heavy (non-hydrogen) atoms. The zero-order chi connectivity index (χ0) is 13.1. The maximum atomic E-state index is 13.0. The van der Waals surface area contributed by atoms with Crippen LogP contribution in [-0.2, 0) is 5.75 Å². The summed E-state index contributed by atoms with van der Waals surface area (Å²) in [5, 5.41) is 0.378. The van der Waals surface area contributed by atoms with Crippen LogP contribution in [0.25, 0.3) is 0 Å². The van der Waals surface area contributed by atoms with Crippen LogP contribution in [0, 0.1) is 18.6 Å². The van der Waals surface area contributed by atoms with Gasteiger partial charge < -0.3 is 0 Å². The van der Waals surface area contributed by atoms with E-state index in [0.717, 1.165) is 17.8 Å². The van der Waals surface area contributed by atoms with Crippen LogP contribution in [0.3, 0.4) is 0 Å². The third-order valence-electron chi connectivity index (χ3n) is 2.13. The molecule has 0 radical (unpaired) electrons. The Bertz CT molecular complexity index is 558. The van der Waals surface area contributed by atoms with Crippen molar-refractivity contribution in [1.29, 1.82) is 0 Å². The molecule has 0 aliphatic rings. The number of halogens is 3. The quantitative estimate of drug-likeness (QED) is 0.630. The Morgan fingerprint density at radius 2 is 1.94 bits per heavy atom. The summed E-state index contributed by atoms with van der Waals surface area (Å²) >= 11 is 7.13. The summed E-state index contributed by atoms with van der Waals surface area (Å²) in [6.45, 7) is 1.82. The highest BCUT2D eigenvalue weighted by atomic mass is 35.5. The van der Waals surface area contributed by atoms with E-state index < -0.39 is 11.6 Å². The van der Waals surface area contributed by atoms with E-state index >= 15 is 0 Å². The summed E-state index contributed by atoms with van der Waals surface area (Å²) in [7, 11) is 0. The number of thioether (sulfide) groups is 1. The van der Waals surface area contributed by atoms with E-state index in [1.54, 1.807) is 6.07 Å². The lowest BCUT2D eigenvalue weighted by atomic mass is 10.3. The van der Waals surface area contributed by atoms with Crippen LogP contribution in [0.5, 0.6) is 0 Å². The first-order valence-electron chi connectivity index (χ1n) is 5.12. The molecule has 2 nitrogen and oxygen atoms in total. The second-order valence-electron chi connectivity index (χ2n) is 3.61. The van der Waals surface area contributed by atoms with Crippen LogP contribution in [0.15, 0.2) is 29.2 Å². The first-order chi connectivity index (χ1) is 8.54. The van der Waals surface area contributed by atoms with Crippen molar-refractivity contribution in [2.75, 3.05) is 0 Å². The van der Waals surface area contributed by atoms with Crippen LogP contribution in [0.2, 0.25) is 5.15 Å². The van der Waals surface area contributed by atoms with Crippen molar-refractivity contribution in [3.63, 3.8) is 0 Å². The third-order valence-corrected chi connectivity index (χ3v) is 3.31. The molecule has 94 valence electrons. The normalized spacial score (nSPS) is 10.7. The molecular formula is C12H9ClF2N2S. The topological polar surface area (TPSA) is 25.8 Å². The van der Waals surface area contributed by atoms with Gasteiger partial charge in [-0.25, -0.2) is 18.7 Å². The summed E-state index contributed by atoms with van der Waals surface area (Å²) in [6.07, 6.45) is 0. The van der Waals surface area contributed by atoms with E-state index in [1.807, 2.05) is 6.92 Å². The Labute approximate surface area is 112 Å². The number of hydrogen-bond acceptors (Lipinski definition) is 3. The molecular weight excluding hydrogens is 278 g/mol. The van der Waals surface area contributed by atoms with Gasteiger partial charge in [0.2, 0.25) is 0 Å². The molecule has 6 heteroatoms. The SMILES string of the molecule is Cc1cc(Cl)nc(CSc2ccc(F)c(F)c2)n1. The van der Waals surface area contributed by atoms with Crippen molar-refractivity contribution < 1.29 is 8.78 Å². The summed E-state index contributed by atoms with van der Waals surface area (Å²) in [4.78, 5) is 8.88. The average Bonchev–Trinajstić information content (AvgIpc) is 2.29. The average molecular weight is 287 g/mol. The standard InChI is InChI=1S/C12H9ClF2N2S/c1-7-4-11(13)17-12(16-7)6-18-8-2-3-9(14)10(15)5-8/h2-5H,6H2,1H3. The van der Waals surface area contributed by atoms with Crippen molar-refractivity contribution in [1.82, 2.24) is 9.97 Å². The molecule has 0 amide bonds. The number of hydrogen-bond donors (Lipinski definition) is 0. The minimum atomic E-state index is -0.858. The summed E-state index contributed by atoms with van der Waals surface area (Å²) < 4.78 is 25.7. The lowest BCUT2D eigenvalue weighted by Crippen LogP contribution is -1.95. The Morgan fingerprint density at radius 1 is 1.17 bits per heavy atom. The van der Waals surface area contributed by atoms with E-state index in [-0.39, 0.29) is 0 Å². The molecule has 0 bridgehead atoms. The molecule has 0 N–H and O–H groups in total. The first kappa shape index (κ1) is 13.2.